The van der Waals surface area contributed by atoms with Gasteiger partial charge in [0, 0.05) is 18.9 Å². The molecule has 1 atom stereocenters. The molecule has 5 heteroatoms. The Balaban J connectivity index is 2.00. The van der Waals surface area contributed by atoms with Gasteiger partial charge in [0.1, 0.15) is 5.82 Å². The zero-order chi connectivity index (χ0) is 9.80. The van der Waals surface area contributed by atoms with E-state index in [0.29, 0.717) is 0 Å². The number of hydrogen-bond donors (Lipinski definition) is 3. The Bertz CT molecular complexity index is 303. The summed E-state index contributed by atoms with van der Waals surface area (Å²) in [6.45, 7) is 3.91. The molecule has 0 saturated carbocycles. The molecule has 0 amide bonds. The van der Waals surface area contributed by atoms with Crippen LogP contribution in [0.3, 0.4) is 0 Å². The summed E-state index contributed by atoms with van der Waals surface area (Å²) in [6, 6.07) is 0.217. The van der Waals surface area contributed by atoms with Gasteiger partial charge in [0.2, 0.25) is 0 Å². The van der Waals surface area contributed by atoms with Gasteiger partial charge in [-0.3, -0.25) is 4.99 Å². The molecule has 2 rings (SSSR count). The van der Waals surface area contributed by atoms with Crippen LogP contribution in [0.4, 0.5) is 0 Å². The number of H-pyrrole nitrogens is 1. The minimum absolute atomic E-state index is 0.217. The lowest BCUT2D eigenvalue weighted by Crippen LogP contribution is -2.36. The third-order valence-electron chi connectivity index (χ3n) is 2.24. The molecule has 0 spiro atoms. The Morgan fingerprint density at radius 1 is 1.64 bits per heavy atom. The van der Waals surface area contributed by atoms with Crippen molar-refractivity contribution in [2.24, 2.45) is 4.99 Å². The van der Waals surface area contributed by atoms with Crippen LogP contribution in [0.2, 0.25) is 0 Å². The summed E-state index contributed by atoms with van der Waals surface area (Å²) >= 11 is 0. The first-order valence-corrected chi connectivity index (χ1v) is 4.94. The molecule has 1 aromatic rings. The highest BCUT2D eigenvalue weighted by Gasteiger charge is 2.14. The van der Waals surface area contributed by atoms with Gasteiger partial charge in [-0.25, -0.2) is 4.98 Å². The van der Waals surface area contributed by atoms with Crippen LogP contribution in [0, 0.1) is 0 Å². The molecule has 0 aromatic carbocycles. The van der Waals surface area contributed by atoms with Gasteiger partial charge < -0.3 is 15.6 Å². The zero-order valence-electron chi connectivity index (χ0n) is 8.25. The third-order valence-corrected chi connectivity index (χ3v) is 2.24. The molecule has 1 unspecified atom stereocenters. The molecule has 0 saturated heterocycles. The minimum Gasteiger partial charge on any atom is -0.355 e. The SMILES string of the molecule is CCC(NC1=NCCN1)c1ncc[nH]1. The average molecular weight is 193 g/mol. The smallest absolute Gasteiger partial charge is 0.191 e. The molecular formula is C9H15N5. The standard InChI is InChI=1S/C9H15N5/c1-2-7(8-10-3-4-11-8)14-9-12-5-6-13-9/h3-4,7H,2,5-6H2,1H3,(H,10,11)(H2,12,13,14). The van der Waals surface area contributed by atoms with Crippen LogP contribution in [0.5, 0.6) is 0 Å². The summed E-state index contributed by atoms with van der Waals surface area (Å²) in [5.74, 6) is 1.84. The number of imidazole rings is 1. The number of aromatic nitrogens is 2. The molecule has 0 radical (unpaired) electrons. The van der Waals surface area contributed by atoms with E-state index >= 15 is 0 Å². The average Bonchev–Trinajstić information content (AvgIpc) is 2.86. The van der Waals surface area contributed by atoms with Crippen LogP contribution in [0.1, 0.15) is 25.2 Å². The van der Waals surface area contributed by atoms with Crippen molar-refractivity contribution >= 4 is 5.96 Å². The van der Waals surface area contributed by atoms with Gasteiger partial charge in [0.15, 0.2) is 5.96 Å². The molecule has 14 heavy (non-hydrogen) atoms. The summed E-state index contributed by atoms with van der Waals surface area (Å²) in [6.07, 6.45) is 4.58. The van der Waals surface area contributed by atoms with Crippen LogP contribution >= 0.6 is 0 Å². The van der Waals surface area contributed by atoms with Gasteiger partial charge in [0.25, 0.3) is 0 Å². The Labute approximate surface area is 83.0 Å². The summed E-state index contributed by atoms with van der Waals surface area (Å²) in [5, 5.41) is 6.49. The van der Waals surface area contributed by atoms with E-state index in [0.717, 1.165) is 31.3 Å². The largest absolute Gasteiger partial charge is 0.355 e. The van der Waals surface area contributed by atoms with E-state index in [1.165, 1.54) is 0 Å². The maximum atomic E-state index is 4.29. The van der Waals surface area contributed by atoms with Crippen LogP contribution in [-0.2, 0) is 0 Å². The van der Waals surface area contributed by atoms with Crippen LogP contribution < -0.4 is 10.6 Å². The first kappa shape index (κ1) is 9.05. The maximum Gasteiger partial charge on any atom is 0.191 e. The molecule has 1 aliphatic heterocycles. The van der Waals surface area contributed by atoms with Crippen molar-refractivity contribution in [1.29, 1.82) is 0 Å². The van der Waals surface area contributed by atoms with Gasteiger partial charge in [-0.2, -0.15) is 0 Å². The summed E-state index contributed by atoms with van der Waals surface area (Å²) in [7, 11) is 0. The Morgan fingerprint density at radius 3 is 3.14 bits per heavy atom. The monoisotopic (exact) mass is 193 g/mol. The van der Waals surface area contributed by atoms with Crippen LogP contribution in [0.25, 0.3) is 0 Å². The number of rotatable bonds is 3. The second-order valence-corrected chi connectivity index (χ2v) is 3.24. The predicted molar refractivity (Wildman–Crippen MR) is 55.1 cm³/mol. The first-order valence-electron chi connectivity index (χ1n) is 4.94. The van der Waals surface area contributed by atoms with E-state index in [9.17, 15) is 0 Å². The Morgan fingerprint density at radius 2 is 2.57 bits per heavy atom. The van der Waals surface area contributed by atoms with Gasteiger partial charge in [-0.1, -0.05) is 6.92 Å². The Kier molecular flexibility index (Phi) is 2.67. The normalized spacial score (nSPS) is 17.4. The van der Waals surface area contributed by atoms with Crippen LogP contribution in [-0.4, -0.2) is 29.0 Å². The molecule has 76 valence electrons. The Hall–Kier alpha value is -1.52. The third kappa shape index (κ3) is 1.86. The highest BCUT2D eigenvalue weighted by Crippen LogP contribution is 2.10. The first-order chi connectivity index (χ1) is 6.90. The van der Waals surface area contributed by atoms with E-state index in [1.807, 2.05) is 6.20 Å². The molecular weight excluding hydrogens is 178 g/mol. The van der Waals surface area contributed by atoms with E-state index in [-0.39, 0.29) is 6.04 Å². The number of guanidine groups is 1. The molecule has 0 fully saturated rings. The fourth-order valence-corrected chi connectivity index (χ4v) is 1.49. The van der Waals surface area contributed by atoms with Crippen molar-refractivity contribution in [2.75, 3.05) is 13.1 Å². The lowest BCUT2D eigenvalue weighted by Gasteiger charge is -2.15. The van der Waals surface area contributed by atoms with Gasteiger partial charge in [0.05, 0.1) is 12.6 Å². The van der Waals surface area contributed by atoms with Gasteiger partial charge >= 0.3 is 0 Å². The minimum atomic E-state index is 0.217. The maximum absolute atomic E-state index is 4.29. The second-order valence-electron chi connectivity index (χ2n) is 3.24. The fourth-order valence-electron chi connectivity index (χ4n) is 1.49. The van der Waals surface area contributed by atoms with Crippen molar-refractivity contribution in [2.45, 2.75) is 19.4 Å². The van der Waals surface area contributed by atoms with E-state index in [4.69, 9.17) is 0 Å². The fraction of sp³-hybridized carbons (Fsp3) is 0.556. The molecule has 0 bridgehead atoms. The second kappa shape index (κ2) is 4.13. The van der Waals surface area contributed by atoms with Crippen molar-refractivity contribution in [3.05, 3.63) is 18.2 Å². The number of nitrogens with one attached hydrogen (secondary N) is 3. The highest BCUT2D eigenvalue weighted by atomic mass is 15.2. The summed E-state index contributed by atoms with van der Waals surface area (Å²) < 4.78 is 0. The molecule has 1 aliphatic rings. The number of aliphatic imine (C=N–C) groups is 1. The van der Waals surface area contributed by atoms with Gasteiger partial charge in [-0.05, 0) is 6.42 Å². The highest BCUT2D eigenvalue weighted by molar-refractivity contribution is 5.81. The van der Waals surface area contributed by atoms with Crippen molar-refractivity contribution in [3.63, 3.8) is 0 Å². The van der Waals surface area contributed by atoms with Crippen molar-refractivity contribution in [3.8, 4) is 0 Å². The quantitative estimate of drug-likeness (QED) is 0.651. The molecule has 2 heterocycles. The van der Waals surface area contributed by atoms with Crippen LogP contribution in [0.15, 0.2) is 17.4 Å². The topological polar surface area (TPSA) is 65.1 Å². The number of hydrogen-bond acceptors (Lipinski definition) is 4. The predicted octanol–water partition coefficient (Wildman–Crippen LogP) is 0.410. The molecule has 0 aliphatic carbocycles. The summed E-state index contributed by atoms with van der Waals surface area (Å²) in [4.78, 5) is 11.6. The lowest BCUT2D eigenvalue weighted by molar-refractivity contribution is 0.586. The van der Waals surface area contributed by atoms with Gasteiger partial charge in [-0.15, -0.1) is 0 Å². The number of nitrogens with zero attached hydrogens (tertiary/aromatic N) is 2. The number of aromatic amines is 1. The summed E-state index contributed by atoms with van der Waals surface area (Å²) in [5.41, 5.74) is 0. The van der Waals surface area contributed by atoms with Crippen molar-refractivity contribution < 1.29 is 0 Å². The molecule has 3 N–H and O–H groups in total. The zero-order valence-corrected chi connectivity index (χ0v) is 8.25. The lowest BCUT2D eigenvalue weighted by atomic mass is 10.2. The van der Waals surface area contributed by atoms with E-state index in [2.05, 4.69) is 32.5 Å². The van der Waals surface area contributed by atoms with E-state index < -0.39 is 0 Å². The van der Waals surface area contributed by atoms with E-state index in [1.54, 1.807) is 6.20 Å². The molecule has 5 nitrogen and oxygen atoms in total. The van der Waals surface area contributed by atoms with Crippen molar-refractivity contribution in [1.82, 2.24) is 20.6 Å². The molecule has 1 aromatic heterocycles.